The lowest BCUT2D eigenvalue weighted by Crippen LogP contribution is -2.26. The topological polar surface area (TPSA) is 128 Å². The Bertz CT molecular complexity index is 1340. The number of amides is 1. The van der Waals surface area contributed by atoms with E-state index in [0.29, 0.717) is 22.7 Å². The van der Waals surface area contributed by atoms with E-state index in [9.17, 15) is 10.1 Å². The molecule has 1 aromatic heterocycles. The van der Waals surface area contributed by atoms with Crippen molar-refractivity contribution in [2.75, 3.05) is 38.3 Å². The molecule has 168 valence electrons. The van der Waals surface area contributed by atoms with Crippen molar-refractivity contribution in [2.45, 2.75) is 13.0 Å². The first-order valence-electron chi connectivity index (χ1n) is 11.7. The molecule has 10 nitrogen and oxygen atoms in total. The zero-order chi connectivity index (χ0) is 25.9. The molecular weight excluding hydrogens is 420 g/mol. The fourth-order valence-electron chi connectivity index (χ4n) is 3.61. The molecule has 33 heavy (non-hydrogen) atoms. The van der Waals surface area contributed by atoms with Gasteiger partial charge in [0.1, 0.15) is 11.8 Å². The highest BCUT2D eigenvalue weighted by Crippen LogP contribution is 2.33. The third-order valence-electron chi connectivity index (χ3n) is 5.29. The maximum atomic E-state index is 12.6. The van der Waals surface area contributed by atoms with E-state index in [-0.39, 0.29) is 17.5 Å². The van der Waals surface area contributed by atoms with Gasteiger partial charge in [0, 0.05) is 24.2 Å². The largest absolute Gasteiger partial charge is 0.495 e. The molecule has 4 rings (SSSR count). The van der Waals surface area contributed by atoms with Crippen LogP contribution in [0.15, 0.2) is 36.4 Å². The van der Waals surface area contributed by atoms with Crippen molar-refractivity contribution >= 4 is 29.0 Å². The number of nitriles is 1. The summed E-state index contributed by atoms with van der Waals surface area (Å²) in [6.45, 7) is -1.00. The SMILES string of the molecule is [2H]C([2H])([2H])NC(=O)c1nnc(Nc2cc3c(cc2OC)CCN(C)C3)nc1Nc1ccccc1C#N. The fraction of sp³-hybridized carbons (Fsp3) is 0.261. The molecule has 1 aliphatic rings. The van der Waals surface area contributed by atoms with Crippen molar-refractivity contribution in [1.82, 2.24) is 25.4 Å². The molecule has 0 spiro atoms. The van der Waals surface area contributed by atoms with Crippen LogP contribution in [-0.4, -0.2) is 53.7 Å². The number of rotatable bonds is 6. The van der Waals surface area contributed by atoms with E-state index in [4.69, 9.17) is 8.85 Å². The van der Waals surface area contributed by atoms with Gasteiger partial charge in [0.25, 0.3) is 5.91 Å². The first-order valence-corrected chi connectivity index (χ1v) is 10.2. The van der Waals surface area contributed by atoms with Gasteiger partial charge in [-0.3, -0.25) is 4.79 Å². The van der Waals surface area contributed by atoms with Crippen LogP contribution in [0.1, 0.15) is 31.3 Å². The Kier molecular flexibility index (Phi) is 5.28. The minimum atomic E-state index is -2.73. The molecule has 0 radical (unpaired) electrons. The van der Waals surface area contributed by atoms with Crippen molar-refractivity contribution in [3.63, 3.8) is 0 Å². The third-order valence-corrected chi connectivity index (χ3v) is 5.29. The van der Waals surface area contributed by atoms with Crippen LogP contribution in [0.25, 0.3) is 0 Å². The Morgan fingerprint density at radius 3 is 2.85 bits per heavy atom. The number of hydrogen-bond donors (Lipinski definition) is 3. The minimum absolute atomic E-state index is 0.0415. The van der Waals surface area contributed by atoms with Crippen LogP contribution < -0.4 is 20.7 Å². The van der Waals surface area contributed by atoms with Crippen molar-refractivity contribution in [3.05, 3.63) is 58.8 Å². The van der Waals surface area contributed by atoms with Gasteiger partial charge in [-0.15, -0.1) is 10.2 Å². The molecule has 3 N–H and O–H groups in total. The number of para-hydroxylation sites is 1. The normalized spacial score (nSPS) is 14.6. The molecule has 2 aromatic carbocycles. The second-order valence-electron chi connectivity index (χ2n) is 7.50. The number of ether oxygens (including phenoxy) is 1. The van der Waals surface area contributed by atoms with E-state index in [0.717, 1.165) is 25.1 Å². The lowest BCUT2D eigenvalue weighted by atomic mass is 9.99. The smallest absolute Gasteiger partial charge is 0.275 e. The predicted octanol–water partition coefficient (Wildman–Crippen LogP) is 2.59. The number of aromatic nitrogens is 3. The van der Waals surface area contributed by atoms with Gasteiger partial charge < -0.3 is 25.6 Å². The average molecular weight is 448 g/mol. The molecule has 10 heteroatoms. The molecule has 0 bridgehead atoms. The number of nitrogens with one attached hydrogen (secondary N) is 3. The van der Waals surface area contributed by atoms with Gasteiger partial charge in [-0.2, -0.15) is 10.2 Å². The van der Waals surface area contributed by atoms with Gasteiger partial charge in [-0.25, -0.2) is 0 Å². The van der Waals surface area contributed by atoms with Crippen LogP contribution in [0.2, 0.25) is 0 Å². The van der Waals surface area contributed by atoms with Gasteiger partial charge in [0.15, 0.2) is 11.5 Å². The molecule has 0 saturated carbocycles. The van der Waals surface area contributed by atoms with Crippen LogP contribution in [0.4, 0.5) is 23.1 Å². The van der Waals surface area contributed by atoms with E-state index in [1.54, 1.807) is 31.4 Å². The lowest BCUT2D eigenvalue weighted by molar-refractivity contribution is 0.0957. The summed E-state index contributed by atoms with van der Waals surface area (Å²) in [6, 6.07) is 12.6. The van der Waals surface area contributed by atoms with E-state index in [1.165, 1.54) is 5.56 Å². The summed E-state index contributed by atoms with van der Waals surface area (Å²) in [5.74, 6) is -0.434. The average Bonchev–Trinajstić information content (AvgIpc) is 2.83. The highest BCUT2D eigenvalue weighted by molar-refractivity contribution is 5.97. The summed E-state index contributed by atoms with van der Waals surface area (Å²) < 4.78 is 27.6. The van der Waals surface area contributed by atoms with Crippen LogP contribution in [-0.2, 0) is 13.0 Å². The first kappa shape index (κ1) is 18.4. The molecule has 0 aliphatic carbocycles. The standard InChI is InChI=1S/C23H24N8O2/c1-25-22(32)20-21(26-17-7-5-4-6-15(17)12-24)28-23(30-29-20)27-18-10-16-13-31(2)9-8-14(16)11-19(18)33-3/h4-7,10-11H,8-9,13H2,1-3H3,(H,25,32)(H2,26,27,28,30)/i1D3. The van der Waals surface area contributed by atoms with Crippen LogP contribution >= 0.6 is 0 Å². The van der Waals surface area contributed by atoms with E-state index in [1.807, 2.05) is 24.5 Å². The number of hydrogen-bond acceptors (Lipinski definition) is 9. The molecule has 0 atom stereocenters. The molecule has 1 amide bonds. The molecule has 0 unspecified atom stereocenters. The lowest BCUT2D eigenvalue weighted by Gasteiger charge is -2.26. The van der Waals surface area contributed by atoms with Gasteiger partial charge in [0.05, 0.1) is 24.0 Å². The highest BCUT2D eigenvalue weighted by Gasteiger charge is 2.20. The Hall–Kier alpha value is -4.23. The predicted molar refractivity (Wildman–Crippen MR) is 124 cm³/mol. The summed E-state index contributed by atoms with van der Waals surface area (Å²) in [5, 5.41) is 25.2. The molecule has 1 aliphatic heterocycles. The van der Waals surface area contributed by atoms with Crippen LogP contribution in [0.3, 0.4) is 0 Å². The number of likely N-dealkylation sites (N-methyl/N-ethyl adjacent to an activating group) is 1. The van der Waals surface area contributed by atoms with E-state index < -0.39 is 12.9 Å². The minimum Gasteiger partial charge on any atom is -0.495 e. The Labute approximate surface area is 195 Å². The maximum Gasteiger partial charge on any atom is 0.275 e. The quantitative estimate of drug-likeness (QED) is 0.522. The third kappa shape index (κ3) is 4.68. The number of methoxy groups -OCH3 is 1. The van der Waals surface area contributed by atoms with Gasteiger partial charge in [-0.05, 0) is 48.9 Å². The summed E-state index contributed by atoms with van der Waals surface area (Å²) >= 11 is 0. The molecule has 0 fully saturated rings. The van der Waals surface area contributed by atoms with E-state index >= 15 is 0 Å². The molecule has 3 aromatic rings. The zero-order valence-corrected chi connectivity index (χ0v) is 18.1. The van der Waals surface area contributed by atoms with Gasteiger partial charge >= 0.3 is 0 Å². The van der Waals surface area contributed by atoms with Crippen molar-refractivity contribution in [1.29, 1.82) is 5.26 Å². The van der Waals surface area contributed by atoms with Crippen molar-refractivity contribution in [2.24, 2.45) is 0 Å². The van der Waals surface area contributed by atoms with E-state index in [2.05, 4.69) is 36.8 Å². The number of nitrogens with zero attached hydrogens (tertiary/aromatic N) is 5. The number of carbonyl (C=O) groups excluding carboxylic acids is 1. The number of fused-ring (bicyclic) bond motifs is 1. The Morgan fingerprint density at radius 1 is 1.21 bits per heavy atom. The maximum absolute atomic E-state index is 12.6. The van der Waals surface area contributed by atoms with Gasteiger partial charge in [0.2, 0.25) is 5.95 Å². The zero-order valence-electron chi connectivity index (χ0n) is 21.1. The first-order chi connectivity index (χ1) is 17.2. The molecular formula is C23H24N8O2. The second kappa shape index (κ2) is 9.50. The second-order valence-corrected chi connectivity index (χ2v) is 7.50. The van der Waals surface area contributed by atoms with Crippen molar-refractivity contribution < 1.29 is 13.6 Å². The van der Waals surface area contributed by atoms with Gasteiger partial charge in [-0.1, -0.05) is 12.1 Å². The monoisotopic (exact) mass is 447 g/mol. The highest BCUT2D eigenvalue weighted by atomic mass is 16.5. The Balaban J connectivity index is 1.72. The Morgan fingerprint density at radius 2 is 2.06 bits per heavy atom. The summed E-state index contributed by atoms with van der Waals surface area (Å²) in [6.07, 6.45) is 0.903. The number of benzene rings is 2. The molecule has 0 saturated heterocycles. The van der Waals surface area contributed by atoms with Crippen LogP contribution in [0.5, 0.6) is 5.75 Å². The number of carbonyl (C=O) groups is 1. The van der Waals surface area contributed by atoms with Crippen molar-refractivity contribution in [3.8, 4) is 11.8 Å². The van der Waals surface area contributed by atoms with Crippen LogP contribution in [0, 0.1) is 11.3 Å². The number of anilines is 4. The summed E-state index contributed by atoms with van der Waals surface area (Å²) in [4.78, 5) is 19.2. The summed E-state index contributed by atoms with van der Waals surface area (Å²) in [7, 11) is 3.61. The summed E-state index contributed by atoms with van der Waals surface area (Å²) in [5.41, 5.74) is 3.26. The molecule has 2 heterocycles. The fourth-order valence-corrected chi connectivity index (χ4v) is 3.61.